The molecule has 5 heteroatoms. The summed E-state index contributed by atoms with van der Waals surface area (Å²) in [6.07, 6.45) is 6.88. The SMILES string of the molecule is CCCn1ccnc1CNC(C)(C)c1nccs1. The van der Waals surface area contributed by atoms with Crippen molar-refractivity contribution in [1.82, 2.24) is 19.9 Å². The number of aromatic nitrogens is 3. The maximum absolute atomic E-state index is 4.40. The standard InChI is InChI=1S/C13H20N4S/c1-4-7-17-8-5-14-11(17)10-16-13(2,3)12-15-6-9-18-12/h5-6,8-9,16H,4,7,10H2,1-3H3. The Labute approximate surface area is 112 Å². The van der Waals surface area contributed by atoms with Crippen LogP contribution in [0.2, 0.25) is 0 Å². The molecule has 0 spiro atoms. The number of nitrogens with one attached hydrogen (secondary N) is 1. The van der Waals surface area contributed by atoms with Crippen molar-refractivity contribution in [3.8, 4) is 0 Å². The van der Waals surface area contributed by atoms with Crippen molar-refractivity contribution in [2.45, 2.75) is 45.8 Å². The summed E-state index contributed by atoms with van der Waals surface area (Å²) in [4.78, 5) is 8.78. The Bertz CT molecular complexity index is 473. The van der Waals surface area contributed by atoms with Gasteiger partial charge in [0.05, 0.1) is 12.1 Å². The van der Waals surface area contributed by atoms with Crippen LogP contribution in [-0.2, 0) is 18.6 Å². The topological polar surface area (TPSA) is 42.7 Å². The van der Waals surface area contributed by atoms with Crippen molar-refractivity contribution in [2.75, 3.05) is 0 Å². The summed E-state index contributed by atoms with van der Waals surface area (Å²) in [5, 5.41) is 6.65. The molecule has 0 saturated carbocycles. The van der Waals surface area contributed by atoms with Crippen LogP contribution in [-0.4, -0.2) is 14.5 Å². The van der Waals surface area contributed by atoms with E-state index in [1.807, 2.05) is 24.0 Å². The fourth-order valence-electron chi connectivity index (χ4n) is 1.86. The molecule has 2 aromatic heterocycles. The molecule has 0 aliphatic heterocycles. The first kappa shape index (κ1) is 13.2. The second kappa shape index (κ2) is 5.63. The molecule has 0 radical (unpaired) electrons. The van der Waals surface area contributed by atoms with E-state index in [0.717, 1.165) is 30.3 Å². The highest BCUT2D eigenvalue weighted by atomic mass is 32.1. The van der Waals surface area contributed by atoms with Crippen LogP contribution < -0.4 is 5.32 Å². The van der Waals surface area contributed by atoms with E-state index in [0.29, 0.717) is 0 Å². The molecule has 0 saturated heterocycles. The highest BCUT2D eigenvalue weighted by Crippen LogP contribution is 2.22. The van der Waals surface area contributed by atoms with Crippen molar-refractivity contribution in [1.29, 1.82) is 0 Å². The van der Waals surface area contributed by atoms with Gasteiger partial charge in [-0.1, -0.05) is 6.92 Å². The summed E-state index contributed by atoms with van der Waals surface area (Å²) in [6.45, 7) is 8.27. The number of hydrogen-bond acceptors (Lipinski definition) is 4. The fraction of sp³-hybridized carbons (Fsp3) is 0.538. The van der Waals surface area contributed by atoms with Crippen LogP contribution in [0.25, 0.3) is 0 Å². The molecule has 18 heavy (non-hydrogen) atoms. The van der Waals surface area contributed by atoms with Crippen molar-refractivity contribution in [2.24, 2.45) is 0 Å². The maximum Gasteiger partial charge on any atom is 0.122 e. The van der Waals surface area contributed by atoms with E-state index in [9.17, 15) is 0 Å². The molecule has 2 heterocycles. The van der Waals surface area contributed by atoms with E-state index in [-0.39, 0.29) is 5.54 Å². The molecule has 0 atom stereocenters. The molecule has 98 valence electrons. The zero-order valence-corrected chi connectivity index (χ0v) is 12.0. The van der Waals surface area contributed by atoms with E-state index in [1.54, 1.807) is 11.3 Å². The first-order valence-electron chi connectivity index (χ1n) is 6.28. The summed E-state index contributed by atoms with van der Waals surface area (Å²) in [7, 11) is 0. The van der Waals surface area contributed by atoms with E-state index in [4.69, 9.17) is 0 Å². The average molecular weight is 264 g/mol. The van der Waals surface area contributed by atoms with Gasteiger partial charge in [0.1, 0.15) is 10.8 Å². The van der Waals surface area contributed by atoms with E-state index >= 15 is 0 Å². The fourth-order valence-corrected chi connectivity index (χ4v) is 2.60. The summed E-state index contributed by atoms with van der Waals surface area (Å²) in [5.74, 6) is 1.08. The van der Waals surface area contributed by atoms with Gasteiger partial charge in [0, 0.05) is 30.5 Å². The Hall–Kier alpha value is -1.20. The number of thiazole rings is 1. The van der Waals surface area contributed by atoms with Gasteiger partial charge >= 0.3 is 0 Å². The monoisotopic (exact) mass is 264 g/mol. The first-order valence-corrected chi connectivity index (χ1v) is 7.16. The minimum Gasteiger partial charge on any atom is -0.334 e. The Morgan fingerprint density at radius 2 is 2.17 bits per heavy atom. The molecule has 1 N–H and O–H groups in total. The summed E-state index contributed by atoms with van der Waals surface area (Å²) < 4.78 is 2.20. The quantitative estimate of drug-likeness (QED) is 0.872. The lowest BCUT2D eigenvalue weighted by molar-refractivity contribution is 0.388. The smallest absolute Gasteiger partial charge is 0.122 e. The maximum atomic E-state index is 4.40. The molecular weight excluding hydrogens is 244 g/mol. The Morgan fingerprint density at radius 3 is 2.83 bits per heavy atom. The zero-order chi connectivity index (χ0) is 13.0. The third-order valence-electron chi connectivity index (χ3n) is 2.92. The predicted octanol–water partition coefficient (Wildman–Crippen LogP) is 2.77. The van der Waals surface area contributed by atoms with Crippen LogP contribution >= 0.6 is 11.3 Å². The summed E-state index contributed by atoms with van der Waals surface area (Å²) >= 11 is 1.68. The lowest BCUT2D eigenvalue weighted by Crippen LogP contribution is -2.36. The van der Waals surface area contributed by atoms with Gasteiger partial charge in [-0.2, -0.15) is 0 Å². The van der Waals surface area contributed by atoms with Crippen molar-refractivity contribution in [3.63, 3.8) is 0 Å². The number of nitrogens with zero attached hydrogens (tertiary/aromatic N) is 3. The summed E-state index contributed by atoms with van der Waals surface area (Å²) in [6, 6.07) is 0. The zero-order valence-electron chi connectivity index (χ0n) is 11.2. The van der Waals surface area contributed by atoms with Gasteiger partial charge < -0.3 is 4.57 Å². The van der Waals surface area contributed by atoms with Crippen LogP contribution in [0.4, 0.5) is 0 Å². The van der Waals surface area contributed by atoms with Crippen molar-refractivity contribution in [3.05, 3.63) is 34.8 Å². The van der Waals surface area contributed by atoms with Crippen LogP contribution in [0, 0.1) is 0 Å². The second-order valence-electron chi connectivity index (χ2n) is 4.85. The molecule has 2 aromatic rings. The van der Waals surface area contributed by atoms with Crippen LogP contribution in [0.15, 0.2) is 24.0 Å². The molecule has 0 unspecified atom stereocenters. The van der Waals surface area contributed by atoms with E-state index in [1.165, 1.54) is 0 Å². The number of hydrogen-bond donors (Lipinski definition) is 1. The van der Waals surface area contributed by atoms with Crippen LogP contribution in [0.3, 0.4) is 0 Å². The molecule has 0 aromatic carbocycles. The lowest BCUT2D eigenvalue weighted by Gasteiger charge is -2.23. The second-order valence-corrected chi connectivity index (χ2v) is 5.75. The molecule has 0 bridgehead atoms. The molecular formula is C13H20N4S. The Balaban J connectivity index is 2.00. The molecule has 0 aliphatic carbocycles. The predicted molar refractivity (Wildman–Crippen MR) is 74.5 cm³/mol. The number of imidazole rings is 1. The van der Waals surface area contributed by atoms with Gasteiger partial charge in [-0.25, -0.2) is 9.97 Å². The van der Waals surface area contributed by atoms with Gasteiger partial charge in [-0.3, -0.25) is 5.32 Å². The van der Waals surface area contributed by atoms with E-state index < -0.39 is 0 Å². The molecule has 2 rings (SSSR count). The van der Waals surface area contributed by atoms with Crippen molar-refractivity contribution >= 4 is 11.3 Å². The highest BCUT2D eigenvalue weighted by Gasteiger charge is 2.22. The van der Waals surface area contributed by atoms with Gasteiger partial charge in [-0.15, -0.1) is 11.3 Å². The van der Waals surface area contributed by atoms with Crippen LogP contribution in [0.5, 0.6) is 0 Å². The van der Waals surface area contributed by atoms with Gasteiger partial charge in [0.2, 0.25) is 0 Å². The minimum atomic E-state index is -0.114. The average Bonchev–Trinajstić information content (AvgIpc) is 2.98. The molecule has 0 amide bonds. The molecule has 4 nitrogen and oxygen atoms in total. The summed E-state index contributed by atoms with van der Waals surface area (Å²) in [5.41, 5.74) is -0.114. The van der Waals surface area contributed by atoms with Gasteiger partial charge in [0.15, 0.2) is 0 Å². The van der Waals surface area contributed by atoms with Crippen molar-refractivity contribution < 1.29 is 0 Å². The Kier molecular flexibility index (Phi) is 4.14. The number of rotatable bonds is 6. The van der Waals surface area contributed by atoms with Gasteiger partial charge in [-0.05, 0) is 20.3 Å². The highest BCUT2D eigenvalue weighted by molar-refractivity contribution is 7.09. The lowest BCUT2D eigenvalue weighted by atomic mass is 10.1. The van der Waals surface area contributed by atoms with Gasteiger partial charge in [0.25, 0.3) is 0 Å². The normalized spacial score (nSPS) is 11.9. The third kappa shape index (κ3) is 2.97. The first-order chi connectivity index (χ1) is 8.63. The third-order valence-corrected chi connectivity index (χ3v) is 4.02. The van der Waals surface area contributed by atoms with E-state index in [2.05, 4.69) is 40.6 Å². The van der Waals surface area contributed by atoms with Crippen LogP contribution in [0.1, 0.15) is 38.0 Å². The Morgan fingerprint density at radius 1 is 1.33 bits per heavy atom. The minimum absolute atomic E-state index is 0.114. The largest absolute Gasteiger partial charge is 0.334 e. The number of aryl methyl sites for hydroxylation is 1. The molecule has 0 aliphatic rings. The molecule has 0 fully saturated rings.